The summed E-state index contributed by atoms with van der Waals surface area (Å²) in [7, 11) is 1.56. The first kappa shape index (κ1) is 14.3. The van der Waals surface area contributed by atoms with E-state index in [4.69, 9.17) is 4.74 Å². The summed E-state index contributed by atoms with van der Waals surface area (Å²) in [5.74, 6) is 1.27. The topological polar surface area (TPSA) is 29.5 Å². The number of hydrogen-bond donors (Lipinski definition) is 1. The van der Waals surface area contributed by atoms with Crippen molar-refractivity contribution in [2.45, 2.75) is 45.1 Å². The highest BCUT2D eigenvalue weighted by atomic mass is 19.1. The summed E-state index contributed by atoms with van der Waals surface area (Å²) in [4.78, 5) is 0. The quantitative estimate of drug-likeness (QED) is 0.900. The summed E-state index contributed by atoms with van der Waals surface area (Å²) < 4.78 is 18.8. The maximum atomic E-state index is 13.5. The largest absolute Gasteiger partial charge is 0.496 e. The molecule has 0 bridgehead atoms. The normalized spacial score (nSPS) is 27.6. The van der Waals surface area contributed by atoms with Gasteiger partial charge in [-0.3, -0.25) is 0 Å². The maximum Gasteiger partial charge on any atom is 0.125 e. The number of halogens is 1. The molecule has 2 unspecified atom stereocenters. The molecule has 0 saturated heterocycles. The maximum absolute atomic E-state index is 13.5. The van der Waals surface area contributed by atoms with Gasteiger partial charge in [-0.05, 0) is 55.7 Å². The Morgan fingerprint density at radius 2 is 2.16 bits per heavy atom. The second-order valence-corrected chi connectivity index (χ2v) is 5.98. The van der Waals surface area contributed by atoms with Crippen molar-refractivity contribution < 1.29 is 14.2 Å². The van der Waals surface area contributed by atoms with Gasteiger partial charge in [0.2, 0.25) is 0 Å². The van der Waals surface area contributed by atoms with E-state index in [1.165, 1.54) is 12.1 Å². The van der Waals surface area contributed by atoms with Crippen LogP contribution in [0.15, 0.2) is 18.2 Å². The molecule has 2 atom stereocenters. The van der Waals surface area contributed by atoms with E-state index in [-0.39, 0.29) is 5.82 Å². The summed E-state index contributed by atoms with van der Waals surface area (Å²) in [5, 5.41) is 11.0. The minimum absolute atomic E-state index is 0.323. The fraction of sp³-hybridized carbons (Fsp3) is 0.625. The van der Waals surface area contributed by atoms with E-state index in [9.17, 15) is 9.50 Å². The molecule has 0 aliphatic heterocycles. The van der Waals surface area contributed by atoms with Crippen LogP contribution in [0.25, 0.3) is 0 Å². The Kier molecular flexibility index (Phi) is 4.14. The third-order valence-corrected chi connectivity index (χ3v) is 4.37. The Balaban J connectivity index is 2.35. The first-order chi connectivity index (χ1) is 8.96. The molecule has 1 aliphatic carbocycles. The summed E-state index contributed by atoms with van der Waals surface area (Å²) in [5.41, 5.74) is -0.360. The van der Waals surface area contributed by atoms with Gasteiger partial charge in [-0.25, -0.2) is 4.39 Å². The number of rotatable bonds is 3. The lowest BCUT2D eigenvalue weighted by atomic mass is 9.71. The van der Waals surface area contributed by atoms with E-state index in [1.54, 1.807) is 13.2 Å². The number of hydrogen-bond acceptors (Lipinski definition) is 2. The van der Waals surface area contributed by atoms with Gasteiger partial charge in [-0.1, -0.05) is 13.8 Å². The third kappa shape index (κ3) is 2.92. The molecular formula is C16H23FO2. The van der Waals surface area contributed by atoms with Crippen LogP contribution in [0, 0.1) is 17.7 Å². The zero-order chi connectivity index (χ0) is 14.0. The van der Waals surface area contributed by atoms with Crippen molar-refractivity contribution in [2.75, 3.05) is 7.11 Å². The van der Waals surface area contributed by atoms with Crippen LogP contribution in [-0.4, -0.2) is 12.2 Å². The molecule has 0 radical (unpaired) electrons. The van der Waals surface area contributed by atoms with Crippen LogP contribution >= 0.6 is 0 Å². The Hall–Kier alpha value is -1.09. The Bertz CT molecular complexity index is 444. The second kappa shape index (κ2) is 5.49. The highest BCUT2D eigenvalue weighted by Gasteiger charge is 2.38. The summed E-state index contributed by atoms with van der Waals surface area (Å²) in [6.45, 7) is 4.36. The van der Waals surface area contributed by atoms with E-state index in [0.29, 0.717) is 36.0 Å². The summed E-state index contributed by atoms with van der Waals surface area (Å²) >= 11 is 0. The number of ether oxygens (including phenoxy) is 1. The smallest absolute Gasteiger partial charge is 0.125 e. The van der Waals surface area contributed by atoms with E-state index >= 15 is 0 Å². The molecule has 0 spiro atoms. The second-order valence-electron chi connectivity index (χ2n) is 5.98. The molecule has 106 valence electrons. The first-order valence-corrected chi connectivity index (χ1v) is 7.02. The van der Waals surface area contributed by atoms with Gasteiger partial charge in [-0.2, -0.15) is 0 Å². The van der Waals surface area contributed by atoms with Crippen molar-refractivity contribution in [2.24, 2.45) is 11.8 Å². The molecule has 1 fully saturated rings. The molecule has 1 saturated carbocycles. The number of benzene rings is 1. The third-order valence-electron chi connectivity index (χ3n) is 4.37. The molecule has 2 nitrogen and oxygen atoms in total. The van der Waals surface area contributed by atoms with Crippen LogP contribution in [0.4, 0.5) is 4.39 Å². The fourth-order valence-electron chi connectivity index (χ4n) is 3.15. The van der Waals surface area contributed by atoms with Crippen molar-refractivity contribution >= 4 is 0 Å². The van der Waals surface area contributed by atoms with Crippen LogP contribution in [0.5, 0.6) is 5.75 Å². The fourth-order valence-corrected chi connectivity index (χ4v) is 3.15. The molecule has 2 rings (SSSR count). The average molecular weight is 266 g/mol. The predicted octanol–water partition coefficient (Wildman–Crippen LogP) is 3.87. The van der Waals surface area contributed by atoms with Gasteiger partial charge < -0.3 is 9.84 Å². The highest BCUT2D eigenvalue weighted by molar-refractivity contribution is 5.39. The van der Waals surface area contributed by atoms with Crippen molar-refractivity contribution in [1.82, 2.24) is 0 Å². The van der Waals surface area contributed by atoms with Gasteiger partial charge in [0, 0.05) is 5.56 Å². The lowest BCUT2D eigenvalue weighted by Gasteiger charge is -2.39. The lowest BCUT2D eigenvalue weighted by molar-refractivity contribution is -0.0313. The van der Waals surface area contributed by atoms with Crippen LogP contribution in [-0.2, 0) is 5.60 Å². The van der Waals surface area contributed by atoms with Crippen molar-refractivity contribution in [3.05, 3.63) is 29.6 Å². The minimum Gasteiger partial charge on any atom is -0.496 e. The van der Waals surface area contributed by atoms with E-state index in [0.717, 1.165) is 12.8 Å². The van der Waals surface area contributed by atoms with Crippen molar-refractivity contribution in [1.29, 1.82) is 0 Å². The van der Waals surface area contributed by atoms with Gasteiger partial charge >= 0.3 is 0 Å². The van der Waals surface area contributed by atoms with E-state index < -0.39 is 5.60 Å². The molecule has 3 heteroatoms. The molecule has 19 heavy (non-hydrogen) atoms. The van der Waals surface area contributed by atoms with Crippen LogP contribution in [0.2, 0.25) is 0 Å². The Morgan fingerprint density at radius 1 is 1.42 bits per heavy atom. The SMILES string of the molecule is COc1ccc(F)cc1C1(O)CCCC(C(C)C)C1. The zero-order valence-electron chi connectivity index (χ0n) is 11.9. The summed E-state index contributed by atoms with van der Waals surface area (Å²) in [6.07, 6.45) is 3.47. The van der Waals surface area contributed by atoms with Crippen LogP contribution in [0.1, 0.15) is 45.1 Å². The zero-order valence-corrected chi connectivity index (χ0v) is 11.9. The Morgan fingerprint density at radius 3 is 2.79 bits per heavy atom. The van der Waals surface area contributed by atoms with Gasteiger partial charge in [0.1, 0.15) is 11.6 Å². The molecule has 0 heterocycles. The minimum atomic E-state index is -0.958. The molecule has 1 aromatic carbocycles. The van der Waals surface area contributed by atoms with Gasteiger partial charge in [0.15, 0.2) is 0 Å². The highest BCUT2D eigenvalue weighted by Crippen LogP contribution is 2.45. The summed E-state index contributed by atoms with van der Waals surface area (Å²) in [6, 6.07) is 4.39. The monoisotopic (exact) mass is 266 g/mol. The molecule has 1 aliphatic rings. The van der Waals surface area contributed by atoms with Crippen LogP contribution < -0.4 is 4.74 Å². The molecule has 1 N–H and O–H groups in total. The first-order valence-electron chi connectivity index (χ1n) is 7.02. The number of aliphatic hydroxyl groups is 1. The van der Waals surface area contributed by atoms with Gasteiger partial charge in [0.05, 0.1) is 12.7 Å². The van der Waals surface area contributed by atoms with Crippen molar-refractivity contribution in [3.8, 4) is 5.75 Å². The van der Waals surface area contributed by atoms with Gasteiger partial charge in [0.25, 0.3) is 0 Å². The van der Waals surface area contributed by atoms with Gasteiger partial charge in [-0.15, -0.1) is 0 Å². The Labute approximate surface area is 114 Å². The predicted molar refractivity (Wildman–Crippen MR) is 73.6 cm³/mol. The molecule has 0 amide bonds. The molecule has 0 aromatic heterocycles. The van der Waals surface area contributed by atoms with E-state index in [1.807, 2.05) is 0 Å². The molecular weight excluding hydrogens is 243 g/mol. The lowest BCUT2D eigenvalue weighted by Crippen LogP contribution is -2.34. The molecule has 1 aromatic rings. The van der Waals surface area contributed by atoms with Crippen LogP contribution in [0.3, 0.4) is 0 Å². The average Bonchev–Trinajstić information content (AvgIpc) is 2.38. The van der Waals surface area contributed by atoms with E-state index in [2.05, 4.69) is 13.8 Å². The standard InChI is InChI=1S/C16H23FO2/c1-11(2)12-5-4-8-16(18,10-12)14-9-13(17)6-7-15(14)19-3/h6-7,9,11-12,18H,4-5,8,10H2,1-3H3. The van der Waals surface area contributed by atoms with Crippen molar-refractivity contribution in [3.63, 3.8) is 0 Å². The number of methoxy groups -OCH3 is 1.